The van der Waals surface area contributed by atoms with E-state index in [1.807, 2.05) is 31.2 Å². The van der Waals surface area contributed by atoms with Crippen molar-refractivity contribution < 1.29 is 13.2 Å². The Morgan fingerprint density at radius 2 is 1.69 bits per heavy atom. The van der Waals surface area contributed by atoms with E-state index in [1.165, 1.54) is 11.8 Å². The van der Waals surface area contributed by atoms with Crippen LogP contribution in [0.5, 0.6) is 0 Å². The number of hydrogen-bond donors (Lipinski definition) is 3. The highest BCUT2D eigenvalue weighted by atomic mass is 32.2. The van der Waals surface area contributed by atoms with Crippen LogP contribution in [0.2, 0.25) is 0 Å². The molecule has 3 aromatic rings. The number of nitrogens with zero attached hydrogens (tertiary/aromatic N) is 1. The Morgan fingerprint density at radius 1 is 1.03 bits per heavy atom. The van der Waals surface area contributed by atoms with Crippen molar-refractivity contribution in [2.45, 2.75) is 38.1 Å². The van der Waals surface area contributed by atoms with E-state index >= 15 is 0 Å². The molecule has 2 aromatic carbocycles. The van der Waals surface area contributed by atoms with Crippen LogP contribution >= 0.6 is 0 Å². The fourth-order valence-corrected chi connectivity index (χ4v) is 3.96. The van der Waals surface area contributed by atoms with Crippen LogP contribution in [0.3, 0.4) is 0 Å². The first-order chi connectivity index (χ1) is 13.9. The Labute approximate surface area is 170 Å². The molecule has 0 bridgehead atoms. The third kappa shape index (κ3) is 5.23. The quantitative estimate of drug-likeness (QED) is 0.518. The highest BCUT2D eigenvalue weighted by molar-refractivity contribution is 7.92. The van der Waals surface area contributed by atoms with Gasteiger partial charge in [-0.1, -0.05) is 43.2 Å². The van der Waals surface area contributed by atoms with Gasteiger partial charge in [0.1, 0.15) is 0 Å². The topological polar surface area (TPSA) is 104 Å². The number of H-pyrrole nitrogens is 1. The fraction of sp³-hybridized carbons (Fsp3) is 0.238. The largest absolute Gasteiger partial charge is 0.322 e. The highest BCUT2D eigenvalue weighted by Gasteiger charge is 2.25. The zero-order chi connectivity index (χ0) is 20.9. The first-order valence-electron chi connectivity index (χ1n) is 9.42. The Morgan fingerprint density at radius 3 is 2.34 bits per heavy atom. The number of unbranched alkanes of at least 4 members (excludes halogenated alkanes) is 1. The van der Waals surface area contributed by atoms with Crippen molar-refractivity contribution in [3.05, 3.63) is 71.4 Å². The molecule has 0 atom stereocenters. The minimum Gasteiger partial charge on any atom is -0.322 e. The monoisotopic (exact) mass is 412 g/mol. The zero-order valence-corrected chi connectivity index (χ0v) is 17.2. The number of aromatic amines is 1. The van der Waals surface area contributed by atoms with E-state index in [-0.39, 0.29) is 10.6 Å². The fourth-order valence-electron chi connectivity index (χ4n) is 2.80. The third-order valence-electron chi connectivity index (χ3n) is 4.45. The second kappa shape index (κ2) is 8.91. The third-order valence-corrected chi connectivity index (χ3v) is 5.81. The summed E-state index contributed by atoms with van der Waals surface area (Å²) >= 11 is 0. The molecule has 29 heavy (non-hydrogen) atoms. The highest BCUT2D eigenvalue weighted by Crippen LogP contribution is 2.20. The molecular weight excluding hydrogens is 388 g/mol. The number of rotatable bonds is 8. The summed E-state index contributed by atoms with van der Waals surface area (Å²) < 4.78 is 27.9. The lowest BCUT2D eigenvalue weighted by molar-refractivity contribution is 0.102. The number of aromatic nitrogens is 2. The van der Waals surface area contributed by atoms with Gasteiger partial charge in [-0.25, -0.2) is 0 Å². The van der Waals surface area contributed by atoms with E-state index in [1.54, 1.807) is 24.3 Å². The normalized spacial score (nSPS) is 11.2. The van der Waals surface area contributed by atoms with Crippen molar-refractivity contribution in [1.29, 1.82) is 0 Å². The lowest BCUT2D eigenvalue weighted by Crippen LogP contribution is -2.19. The standard InChI is InChI=1S/C21H24N4O3S/c1-3-4-5-16-8-12-17(13-9-16)23-20(26)19-14-22-24-21(19)29(27,28)25-18-10-6-15(2)7-11-18/h6-14,25H,3-5H2,1-2H3,(H,22,24)(H,23,26). The second-order valence-electron chi connectivity index (χ2n) is 6.84. The van der Waals surface area contributed by atoms with Gasteiger partial charge in [0.2, 0.25) is 0 Å². The number of benzene rings is 2. The van der Waals surface area contributed by atoms with E-state index in [9.17, 15) is 13.2 Å². The summed E-state index contributed by atoms with van der Waals surface area (Å²) in [5.74, 6) is -0.552. The number of sulfonamides is 1. The summed E-state index contributed by atoms with van der Waals surface area (Å²) in [6.07, 6.45) is 4.41. The summed E-state index contributed by atoms with van der Waals surface area (Å²) in [7, 11) is -4.00. The lowest BCUT2D eigenvalue weighted by atomic mass is 10.1. The van der Waals surface area contributed by atoms with Gasteiger partial charge >= 0.3 is 0 Å². The Bertz CT molecular complexity index is 1070. The molecule has 1 aromatic heterocycles. The van der Waals surface area contributed by atoms with Crippen LogP contribution < -0.4 is 10.0 Å². The van der Waals surface area contributed by atoms with Crippen LogP contribution in [-0.2, 0) is 16.4 Å². The molecule has 0 spiro atoms. The van der Waals surface area contributed by atoms with Crippen molar-refractivity contribution in [1.82, 2.24) is 10.2 Å². The molecule has 0 aliphatic rings. The number of hydrogen-bond acceptors (Lipinski definition) is 4. The molecular formula is C21H24N4O3S. The van der Waals surface area contributed by atoms with Crippen molar-refractivity contribution in [2.75, 3.05) is 10.0 Å². The van der Waals surface area contributed by atoms with Gasteiger partial charge in [0, 0.05) is 11.4 Å². The second-order valence-corrected chi connectivity index (χ2v) is 8.46. The minimum atomic E-state index is -4.00. The Hall–Kier alpha value is -3.13. The number of amides is 1. The summed E-state index contributed by atoms with van der Waals surface area (Å²) in [6.45, 7) is 4.05. The van der Waals surface area contributed by atoms with Gasteiger partial charge in [-0.15, -0.1) is 0 Å². The molecule has 1 amide bonds. The molecule has 3 N–H and O–H groups in total. The summed E-state index contributed by atoms with van der Waals surface area (Å²) in [6, 6.07) is 14.4. The van der Waals surface area contributed by atoms with Gasteiger partial charge in [0.25, 0.3) is 15.9 Å². The number of carbonyl (C=O) groups is 1. The zero-order valence-electron chi connectivity index (χ0n) is 16.4. The van der Waals surface area contributed by atoms with Crippen molar-refractivity contribution >= 4 is 27.3 Å². The predicted octanol–water partition coefficient (Wildman–Crippen LogP) is 4.11. The molecule has 8 heteroatoms. The van der Waals surface area contributed by atoms with Crippen LogP contribution in [0.15, 0.2) is 59.8 Å². The lowest BCUT2D eigenvalue weighted by Gasteiger charge is -2.09. The van der Waals surface area contributed by atoms with Gasteiger partial charge in [0.05, 0.1) is 11.8 Å². The van der Waals surface area contributed by atoms with Crippen molar-refractivity contribution in [3.8, 4) is 0 Å². The predicted molar refractivity (Wildman–Crippen MR) is 114 cm³/mol. The van der Waals surface area contributed by atoms with E-state index < -0.39 is 15.9 Å². The summed E-state index contributed by atoms with van der Waals surface area (Å²) in [5.41, 5.74) is 3.14. The average molecular weight is 413 g/mol. The van der Waals surface area contributed by atoms with Crippen LogP contribution in [-0.4, -0.2) is 24.5 Å². The SMILES string of the molecule is CCCCc1ccc(NC(=O)c2cn[nH]c2S(=O)(=O)Nc2ccc(C)cc2)cc1. The summed E-state index contributed by atoms with van der Waals surface area (Å²) in [5, 5.41) is 8.60. The Balaban J connectivity index is 1.74. The van der Waals surface area contributed by atoms with Gasteiger partial charge in [-0.2, -0.15) is 13.5 Å². The number of aryl methyl sites for hydroxylation is 2. The Kier molecular flexibility index (Phi) is 6.33. The molecule has 0 unspecified atom stereocenters. The molecule has 0 radical (unpaired) electrons. The van der Waals surface area contributed by atoms with E-state index in [0.29, 0.717) is 11.4 Å². The van der Waals surface area contributed by atoms with Crippen LogP contribution in [0.1, 0.15) is 41.3 Å². The number of anilines is 2. The number of carbonyl (C=O) groups excluding carboxylic acids is 1. The van der Waals surface area contributed by atoms with Crippen LogP contribution in [0.4, 0.5) is 11.4 Å². The summed E-state index contributed by atoms with van der Waals surface area (Å²) in [4.78, 5) is 12.6. The first kappa shape index (κ1) is 20.6. The van der Waals surface area contributed by atoms with Gasteiger partial charge < -0.3 is 5.32 Å². The van der Waals surface area contributed by atoms with E-state index in [0.717, 1.165) is 24.8 Å². The molecule has 0 saturated heterocycles. The van der Waals surface area contributed by atoms with Gasteiger partial charge in [-0.3, -0.25) is 14.6 Å². The van der Waals surface area contributed by atoms with E-state index in [4.69, 9.17) is 0 Å². The molecule has 0 aliphatic carbocycles. The molecule has 1 heterocycles. The van der Waals surface area contributed by atoms with Crippen molar-refractivity contribution in [2.24, 2.45) is 0 Å². The van der Waals surface area contributed by atoms with E-state index in [2.05, 4.69) is 27.2 Å². The van der Waals surface area contributed by atoms with Crippen LogP contribution in [0.25, 0.3) is 0 Å². The van der Waals surface area contributed by atoms with Crippen LogP contribution in [0, 0.1) is 6.92 Å². The molecule has 7 nitrogen and oxygen atoms in total. The minimum absolute atomic E-state index is 0.0559. The molecule has 3 rings (SSSR count). The maximum atomic E-state index is 12.7. The van der Waals surface area contributed by atoms with Gasteiger partial charge in [-0.05, 0) is 49.6 Å². The maximum absolute atomic E-state index is 12.7. The molecule has 0 fully saturated rings. The smallest absolute Gasteiger partial charge is 0.279 e. The molecule has 0 aliphatic heterocycles. The molecule has 0 saturated carbocycles. The van der Waals surface area contributed by atoms with Gasteiger partial charge in [0.15, 0.2) is 5.03 Å². The maximum Gasteiger partial charge on any atom is 0.279 e. The average Bonchev–Trinajstić information content (AvgIpc) is 3.20. The number of nitrogens with one attached hydrogen (secondary N) is 3. The molecule has 152 valence electrons. The first-order valence-corrected chi connectivity index (χ1v) is 10.9. The van der Waals surface area contributed by atoms with Crippen molar-refractivity contribution in [3.63, 3.8) is 0 Å².